The minimum absolute atomic E-state index is 0.380. The smallest absolute Gasteiger partial charge is 0.149 e. The number of nitrogens with zero attached hydrogens (tertiary/aromatic N) is 2. The Balaban J connectivity index is 2.17. The highest BCUT2D eigenvalue weighted by Gasteiger charge is 2.11. The molecule has 2 aromatic carbocycles. The monoisotopic (exact) mass is 256 g/mol. The lowest BCUT2D eigenvalue weighted by Crippen LogP contribution is -2.01. The van der Waals surface area contributed by atoms with Crippen LogP contribution in [-0.2, 0) is 0 Å². The Hall–Kier alpha value is -2.20. The van der Waals surface area contributed by atoms with E-state index in [2.05, 4.69) is 5.10 Å². The molecule has 1 unspecified atom stereocenters. The maximum atomic E-state index is 14.1. The molecule has 0 radical (unpaired) electrons. The van der Waals surface area contributed by atoms with Gasteiger partial charge >= 0.3 is 0 Å². The van der Waals surface area contributed by atoms with Gasteiger partial charge in [-0.3, -0.25) is 0 Å². The number of aromatic nitrogens is 2. The molecule has 4 heteroatoms. The molecule has 1 heterocycles. The summed E-state index contributed by atoms with van der Waals surface area (Å²) >= 11 is 0. The van der Waals surface area contributed by atoms with E-state index in [0.29, 0.717) is 11.3 Å². The van der Waals surface area contributed by atoms with Crippen LogP contribution < -0.4 is 0 Å². The van der Waals surface area contributed by atoms with E-state index in [-0.39, 0.29) is 0 Å². The first-order valence-electron chi connectivity index (χ1n) is 6.07. The van der Waals surface area contributed by atoms with Gasteiger partial charge in [-0.05, 0) is 30.7 Å². The van der Waals surface area contributed by atoms with Crippen LogP contribution in [0.3, 0.4) is 0 Å². The molecule has 3 rings (SSSR count). The third-order valence-electron chi connectivity index (χ3n) is 3.16. The van der Waals surface area contributed by atoms with Crippen molar-refractivity contribution in [2.75, 3.05) is 0 Å². The molecule has 3 aromatic rings. The van der Waals surface area contributed by atoms with Crippen molar-refractivity contribution in [1.29, 1.82) is 0 Å². The van der Waals surface area contributed by atoms with E-state index < -0.39 is 11.9 Å². The molecule has 0 saturated heterocycles. The van der Waals surface area contributed by atoms with E-state index in [1.54, 1.807) is 29.9 Å². The first-order valence-corrected chi connectivity index (χ1v) is 6.07. The summed E-state index contributed by atoms with van der Waals surface area (Å²) in [5.41, 5.74) is 1.79. The van der Waals surface area contributed by atoms with Crippen LogP contribution in [0.5, 0.6) is 0 Å². The van der Waals surface area contributed by atoms with Crippen molar-refractivity contribution in [1.82, 2.24) is 9.78 Å². The molecule has 19 heavy (non-hydrogen) atoms. The van der Waals surface area contributed by atoms with E-state index in [1.165, 1.54) is 6.07 Å². The zero-order chi connectivity index (χ0) is 13.4. The fourth-order valence-electron chi connectivity index (χ4n) is 2.12. The fourth-order valence-corrected chi connectivity index (χ4v) is 2.12. The summed E-state index contributed by atoms with van der Waals surface area (Å²) in [6, 6.07) is 12.3. The van der Waals surface area contributed by atoms with Gasteiger partial charge in [0.15, 0.2) is 0 Å². The number of hydrogen-bond acceptors (Lipinski definition) is 2. The van der Waals surface area contributed by atoms with E-state index >= 15 is 0 Å². The molecular weight excluding hydrogens is 243 g/mol. The summed E-state index contributed by atoms with van der Waals surface area (Å²) in [6.45, 7) is 1.61. The lowest BCUT2D eigenvalue weighted by atomic mass is 10.1. The number of rotatable bonds is 2. The Morgan fingerprint density at radius 1 is 1.21 bits per heavy atom. The van der Waals surface area contributed by atoms with Crippen molar-refractivity contribution in [3.8, 4) is 5.69 Å². The molecule has 0 aliphatic carbocycles. The quantitative estimate of drug-likeness (QED) is 0.764. The van der Waals surface area contributed by atoms with Crippen LogP contribution in [0.1, 0.15) is 18.6 Å². The molecule has 96 valence electrons. The van der Waals surface area contributed by atoms with Crippen LogP contribution in [0.4, 0.5) is 4.39 Å². The Bertz CT molecular complexity index is 734. The standard InChI is InChI=1S/C15H13FN2O/c1-10(19)11-6-7-15(13(16)8-11)18-14-5-3-2-4-12(14)9-17-18/h2-10,19H,1H3. The van der Waals surface area contributed by atoms with E-state index in [0.717, 1.165) is 10.9 Å². The van der Waals surface area contributed by atoms with Crippen LogP contribution in [0, 0.1) is 5.82 Å². The van der Waals surface area contributed by atoms with Gasteiger partial charge in [-0.2, -0.15) is 5.10 Å². The highest BCUT2D eigenvalue weighted by atomic mass is 19.1. The summed E-state index contributed by atoms with van der Waals surface area (Å²) in [6.07, 6.45) is 1.02. The van der Waals surface area contributed by atoms with Crippen molar-refractivity contribution < 1.29 is 9.50 Å². The van der Waals surface area contributed by atoms with Gasteiger partial charge in [-0.1, -0.05) is 24.3 Å². The van der Waals surface area contributed by atoms with Crippen molar-refractivity contribution in [2.45, 2.75) is 13.0 Å². The van der Waals surface area contributed by atoms with E-state index in [4.69, 9.17) is 0 Å². The number of para-hydroxylation sites is 1. The van der Waals surface area contributed by atoms with Crippen LogP contribution in [0.2, 0.25) is 0 Å². The maximum Gasteiger partial charge on any atom is 0.149 e. The number of aliphatic hydroxyl groups excluding tert-OH is 1. The fraction of sp³-hybridized carbons (Fsp3) is 0.133. The summed E-state index contributed by atoms with van der Waals surface area (Å²) in [7, 11) is 0. The minimum Gasteiger partial charge on any atom is -0.389 e. The molecule has 1 atom stereocenters. The Morgan fingerprint density at radius 2 is 2.00 bits per heavy atom. The predicted octanol–water partition coefficient (Wildman–Crippen LogP) is 3.22. The number of hydrogen-bond donors (Lipinski definition) is 1. The zero-order valence-electron chi connectivity index (χ0n) is 10.4. The molecule has 0 aliphatic rings. The van der Waals surface area contributed by atoms with Crippen LogP contribution in [-0.4, -0.2) is 14.9 Å². The molecule has 0 spiro atoms. The average molecular weight is 256 g/mol. The summed E-state index contributed by atoms with van der Waals surface area (Å²) in [5, 5.41) is 14.6. The van der Waals surface area contributed by atoms with Crippen LogP contribution >= 0.6 is 0 Å². The van der Waals surface area contributed by atoms with Gasteiger partial charge in [-0.25, -0.2) is 9.07 Å². The second-order valence-corrected chi connectivity index (χ2v) is 4.50. The Kier molecular flexibility index (Phi) is 2.80. The average Bonchev–Trinajstić information content (AvgIpc) is 2.82. The van der Waals surface area contributed by atoms with Crippen molar-refractivity contribution in [3.05, 3.63) is 60.0 Å². The third kappa shape index (κ3) is 2.00. The first-order chi connectivity index (χ1) is 9.16. The van der Waals surface area contributed by atoms with Gasteiger partial charge in [-0.15, -0.1) is 0 Å². The van der Waals surface area contributed by atoms with Crippen molar-refractivity contribution in [2.24, 2.45) is 0 Å². The van der Waals surface area contributed by atoms with Gasteiger partial charge in [0.1, 0.15) is 11.5 Å². The molecule has 0 amide bonds. The predicted molar refractivity (Wildman–Crippen MR) is 71.7 cm³/mol. The van der Waals surface area contributed by atoms with Crippen molar-refractivity contribution >= 4 is 10.9 Å². The molecule has 1 N–H and O–H groups in total. The number of benzene rings is 2. The van der Waals surface area contributed by atoms with E-state index in [9.17, 15) is 9.50 Å². The molecule has 3 nitrogen and oxygen atoms in total. The highest BCUT2D eigenvalue weighted by molar-refractivity contribution is 5.80. The van der Waals surface area contributed by atoms with Gasteiger partial charge in [0.25, 0.3) is 0 Å². The topological polar surface area (TPSA) is 38.0 Å². The zero-order valence-corrected chi connectivity index (χ0v) is 10.4. The highest BCUT2D eigenvalue weighted by Crippen LogP contribution is 2.22. The second kappa shape index (κ2) is 4.48. The third-order valence-corrected chi connectivity index (χ3v) is 3.16. The Labute approximate surface area is 109 Å². The largest absolute Gasteiger partial charge is 0.389 e. The normalized spacial score (nSPS) is 12.8. The number of fused-ring (bicyclic) bond motifs is 1. The SMILES string of the molecule is CC(O)c1ccc(-n2ncc3ccccc32)c(F)c1. The molecule has 0 aliphatic heterocycles. The van der Waals surface area contributed by atoms with Crippen LogP contribution in [0.15, 0.2) is 48.7 Å². The van der Waals surface area contributed by atoms with Gasteiger partial charge in [0.2, 0.25) is 0 Å². The summed E-state index contributed by atoms with van der Waals surface area (Å²) in [5.74, 6) is -0.396. The molecule has 1 aromatic heterocycles. The number of aliphatic hydroxyl groups is 1. The molecule has 0 saturated carbocycles. The van der Waals surface area contributed by atoms with Gasteiger partial charge < -0.3 is 5.11 Å². The molecule has 0 fully saturated rings. The van der Waals surface area contributed by atoms with E-state index in [1.807, 2.05) is 24.3 Å². The molecular formula is C15H13FN2O. The maximum absolute atomic E-state index is 14.1. The Morgan fingerprint density at radius 3 is 2.74 bits per heavy atom. The van der Waals surface area contributed by atoms with Crippen LogP contribution in [0.25, 0.3) is 16.6 Å². The lowest BCUT2D eigenvalue weighted by Gasteiger charge is -2.09. The van der Waals surface area contributed by atoms with Gasteiger partial charge in [0.05, 0.1) is 17.8 Å². The van der Waals surface area contributed by atoms with Gasteiger partial charge in [0, 0.05) is 5.39 Å². The minimum atomic E-state index is -0.682. The summed E-state index contributed by atoms with van der Waals surface area (Å²) in [4.78, 5) is 0. The summed E-state index contributed by atoms with van der Waals surface area (Å²) < 4.78 is 15.7. The molecule has 0 bridgehead atoms. The number of halogens is 1. The van der Waals surface area contributed by atoms with Crippen molar-refractivity contribution in [3.63, 3.8) is 0 Å². The lowest BCUT2D eigenvalue weighted by molar-refractivity contribution is 0.199. The first kappa shape index (κ1) is 11.9. The second-order valence-electron chi connectivity index (χ2n) is 4.50.